The lowest BCUT2D eigenvalue weighted by atomic mass is 10.0. The fourth-order valence-electron chi connectivity index (χ4n) is 2.54. The van der Waals surface area contributed by atoms with E-state index in [9.17, 15) is 4.39 Å². The maximum absolute atomic E-state index is 14.2. The number of nitrogens with zero attached hydrogens (tertiary/aromatic N) is 2. The number of halogens is 2. The second-order valence-electron chi connectivity index (χ2n) is 4.99. The third-order valence-corrected chi connectivity index (χ3v) is 4.11. The Morgan fingerprint density at radius 3 is 2.71 bits per heavy atom. The molecule has 1 unspecified atom stereocenters. The van der Waals surface area contributed by atoms with E-state index < -0.39 is 0 Å². The molecule has 0 aliphatic carbocycles. The molecule has 1 aliphatic rings. The average Bonchev–Trinajstić information content (AvgIpc) is 2.82. The maximum atomic E-state index is 14.2. The molecule has 5 heteroatoms. The van der Waals surface area contributed by atoms with Crippen LogP contribution in [0.15, 0.2) is 58.0 Å². The van der Waals surface area contributed by atoms with Crippen LogP contribution < -0.4 is 5.73 Å². The number of aliphatic imine (C=N–C) groups is 1. The monoisotopic (exact) mass is 347 g/mol. The standard InChI is InChI=1S/C16H15BrFN3/c17-12-6-7-13(14(18)8-12)15-9-20-16(19)21(15)10-11-4-2-1-3-5-11/h1-8,15H,9-10H2,(H2,19,20). The zero-order chi connectivity index (χ0) is 14.8. The van der Waals surface area contributed by atoms with E-state index in [1.54, 1.807) is 6.07 Å². The molecule has 2 N–H and O–H groups in total. The van der Waals surface area contributed by atoms with E-state index in [-0.39, 0.29) is 11.9 Å². The van der Waals surface area contributed by atoms with Crippen LogP contribution in [0.1, 0.15) is 17.2 Å². The summed E-state index contributed by atoms with van der Waals surface area (Å²) in [5.41, 5.74) is 7.73. The summed E-state index contributed by atoms with van der Waals surface area (Å²) in [6.45, 7) is 1.10. The summed E-state index contributed by atoms with van der Waals surface area (Å²) in [6, 6.07) is 14.9. The van der Waals surface area contributed by atoms with Crippen molar-refractivity contribution in [3.63, 3.8) is 0 Å². The molecule has 0 spiro atoms. The van der Waals surface area contributed by atoms with Gasteiger partial charge in [-0.3, -0.25) is 4.99 Å². The van der Waals surface area contributed by atoms with Crippen molar-refractivity contribution in [3.8, 4) is 0 Å². The van der Waals surface area contributed by atoms with Crippen LogP contribution in [0.2, 0.25) is 0 Å². The molecule has 0 aromatic heterocycles. The van der Waals surface area contributed by atoms with Crippen LogP contribution in [-0.4, -0.2) is 17.4 Å². The van der Waals surface area contributed by atoms with Crippen molar-refractivity contribution in [3.05, 3.63) is 69.9 Å². The molecule has 1 heterocycles. The van der Waals surface area contributed by atoms with Gasteiger partial charge in [0.05, 0.1) is 12.6 Å². The molecule has 0 saturated heterocycles. The second kappa shape index (κ2) is 5.85. The van der Waals surface area contributed by atoms with E-state index in [1.807, 2.05) is 41.3 Å². The first-order valence-corrected chi connectivity index (χ1v) is 7.50. The van der Waals surface area contributed by atoms with Gasteiger partial charge in [0.1, 0.15) is 5.82 Å². The van der Waals surface area contributed by atoms with E-state index in [4.69, 9.17) is 5.73 Å². The summed E-state index contributed by atoms with van der Waals surface area (Å²) in [6.07, 6.45) is 0. The van der Waals surface area contributed by atoms with Crippen LogP contribution >= 0.6 is 15.9 Å². The van der Waals surface area contributed by atoms with E-state index in [0.717, 1.165) is 10.0 Å². The normalized spacial score (nSPS) is 17.9. The number of nitrogens with two attached hydrogens (primary N) is 1. The van der Waals surface area contributed by atoms with Gasteiger partial charge in [0.25, 0.3) is 0 Å². The molecule has 1 atom stereocenters. The van der Waals surface area contributed by atoms with Crippen LogP contribution in [0.25, 0.3) is 0 Å². The zero-order valence-electron chi connectivity index (χ0n) is 11.3. The van der Waals surface area contributed by atoms with Gasteiger partial charge in [-0.2, -0.15) is 0 Å². The van der Waals surface area contributed by atoms with Crippen LogP contribution in [0.4, 0.5) is 4.39 Å². The summed E-state index contributed by atoms with van der Waals surface area (Å²) in [4.78, 5) is 6.22. The number of guanidine groups is 1. The first kappa shape index (κ1) is 14.1. The Morgan fingerprint density at radius 2 is 2.00 bits per heavy atom. The molecule has 1 aliphatic heterocycles. The van der Waals surface area contributed by atoms with Crippen molar-refractivity contribution in [2.75, 3.05) is 6.54 Å². The summed E-state index contributed by atoms with van der Waals surface area (Å²) >= 11 is 3.28. The highest BCUT2D eigenvalue weighted by molar-refractivity contribution is 9.10. The average molecular weight is 348 g/mol. The minimum absolute atomic E-state index is 0.154. The van der Waals surface area contributed by atoms with Crippen molar-refractivity contribution in [1.82, 2.24) is 4.90 Å². The second-order valence-corrected chi connectivity index (χ2v) is 5.91. The van der Waals surface area contributed by atoms with Gasteiger partial charge in [-0.25, -0.2) is 4.39 Å². The van der Waals surface area contributed by atoms with Gasteiger partial charge in [-0.15, -0.1) is 0 Å². The Balaban J connectivity index is 1.88. The third-order valence-electron chi connectivity index (χ3n) is 3.61. The fourth-order valence-corrected chi connectivity index (χ4v) is 2.87. The van der Waals surface area contributed by atoms with Crippen molar-refractivity contribution < 1.29 is 4.39 Å². The van der Waals surface area contributed by atoms with Crippen LogP contribution in [0, 0.1) is 5.82 Å². The van der Waals surface area contributed by atoms with Crippen LogP contribution in [-0.2, 0) is 6.54 Å². The molecule has 2 aromatic rings. The summed E-state index contributed by atoms with van der Waals surface area (Å²) in [5.74, 6) is 0.225. The van der Waals surface area contributed by atoms with Gasteiger partial charge in [-0.1, -0.05) is 52.3 Å². The highest BCUT2D eigenvalue weighted by Crippen LogP contribution is 2.30. The van der Waals surface area contributed by atoms with Crippen LogP contribution in [0.5, 0.6) is 0 Å². The van der Waals surface area contributed by atoms with E-state index in [1.165, 1.54) is 6.07 Å². The number of rotatable bonds is 3. The third kappa shape index (κ3) is 2.93. The zero-order valence-corrected chi connectivity index (χ0v) is 12.9. The molecule has 0 amide bonds. The molecular weight excluding hydrogens is 333 g/mol. The molecule has 0 radical (unpaired) electrons. The highest BCUT2D eigenvalue weighted by Gasteiger charge is 2.29. The van der Waals surface area contributed by atoms with Gasteiger partial charge in [0.15, 0.2) is 5.96 Å². The molecule has 0 saturated carbocycles. The van der Waals surface area contributed by atoms with Gasteiger partial charge in [-0.05, 0) is 17.7 Å². The Labute approximate surface area is 131 Å². The topological polar surface area (TPSA) is 41.6 Å². The Kier molecular flexibility index (Phi) is 3.92. The maximum Gasteiger partial charge on any atom is 0.192 e. The highest BCUT2D eigenvalue weighted by atomic mass is 79.9. The van der Waals surface area contributed by atoms with Gasteiger partial charge in [0, 0.05) is 16.6 Å². The molecule has 0 bridgehead atoms. The van der Waals surface area contributed by atoms with Crippen LogP contribution in [0.3, 0.4) is 0 Å². The molecule has 21 heavy (non-hydrogen) atoms. The Bertz CT molecular complexity index is 672. The molecule has 2 aromatic carbocycles. The Morgan fingerprint density at radius 1 is 1.24 bits per heavy atom. The summed E-state index contributed by atoms with van der Waals surface area (Å²) in [7, 11) is 0. The molecule has 108 valence electrons. The molecule has 3 rings (SSSR count). The van der Waals surface area contributed by atoms with Gasteiger partial charge >= 0.3 is 0 Å². The van der Waals surface area contributed by atoms with Crippen molar-refractivity contribution >= 4 is 21.9 Å². The predicted octanol–water partition coefficient (Wildman–Crippen LogP) is 3.46. The number of benzene rings is 2. The number of hydrogen-bond acceptors (Lipinski definition) is 3. The van der Waals surface area contributed by atoms with E-state index >= 15 is 0 Å². The molecule has 3 nitrogen and oxygen atoms in total. The summed E-state index contributed by atoms with van der Waals surface area (Å²) < 4.78 is 14.9. The largest absolute Gasteiger partial charge is 0.370 e. The SMILES string of the molecule is NC1=NCC(c2ccc(Br)cc2F)N1Cc1ccccc1. The predicted molar refractivity (Wildman–Crippen MR) is 85.3 cm³/mol. The van der Waals surface area contributed by atoms with Crippen molar-refractivity contribution in [1.29, 1.82) is 0 Å². The fraction of sp³-hybridized carbons (Fsp3) is 0.188. The van der Waals surface area contributed by atoms with E-state index in [2.05, 4.69) is 20.9 Å². The molecular formula is C16H15BrFN3. The van der Waals surface area contributed by atoms with E-state index in [0.29, 0.717) is 24.6 Å². The number of hydrogen-bond donors (Lipinski definition) is 1. The van der Waals surface area contributed by atoms with Crippen molar-refractivity contribution in [2.24, 2.45) is 10.7 Å². The minimum atomic E-state index is -0.239. The lowest BCUT2D eigenvalue weighted by Gasteiger charge is -2.27. The van der Waals surface area contributed by atoms with Crippen molar-refractivity contribution in [2.45, 2.75) is 12.6 Å². The lowest BCUT2D eigenvalue weighted by molar-refractivity contribution is 0.332. The first-order chi connectivity index (χ1) is 10.1. The van der Waals surface area contributed by atoms with Gasteiger partial charge < -0.3 is 10.6 Å². The lowest BCUT2D eigenvalue weighted by Crippen LogP contribution is -2.35. The quantitative estimate of drug-likeness (QED) is 0.923. The summed E-state index contributed by atoms with van der Waals surface area (Å²) in [5, 5.41) is 0. The molecule has 0 fully saturated rings. The smallest absolute Gasteiger partial charge is 0.192 e. The Hall–Kier alpha value is -1.88. The first-order valence-electron chi connectivity index (χ1n) is 6.70. The van der Waals surface area contributed by atoms with Gasteiger partial charge in [0.2, 0.25) is 0 Å². The minimum Gasteiger partial charge on any atom is -0.370 e.